The van der Waals surface area contributed by atoms with Crippen LogP contribution in [0.25, 0.3) is 0 Å². The van der Waals surface area contributed by atoms with E-state index in [9.17, 15) is 4.79 Å². The van der Waals surface area contributed by atoms with Crippen molar-refractivity contribution in [2.24, 2.45) is 0 Å². The van der Waals surface area contributed by atoms with Gasteiger partial charge in [-0.1, -0.05) is 12.1 Å². The molecule has 0 aromatic carbocycles. The van der Waals surface area contributed by atoms with Crippen LogP contribution in [-0.2, 0) is 24.4 Å². The lowest BCUT2D eigenvalue weighted by Crippen LogP contribution is -2.40. The number of carbonyl (C=O) groups is 1. The Morgan fingerprint density at radius 2 is 2.28 bits per heavy atom. The van der Waals surface area contributed by atoms with Crippen LogP contribution in [0.1, 0.15) is 44.2 Å². The summed E-state index contributed by atoms with van der Waals surface area (Å²) in [5.74, 6) is 1.93. The van der Waals surface area contributed by atoms with E-state index in [2.05, 4.69) is 37.5 Å². The molecule has 1 aliphatic heterocycles. The number of rotatable bonds is 7. The summed E-state index contributed by atoms with van der Waals surface area (Å²) < 4.78 is 6.85. The number of amides is 1. The number of carbonyl (C=O) groups excluding carboxylic acids is 1. The number of hydrogen-bond donors (Lipinski definition) is 0. The summed E-state index contributed by atoms with van der Waals surface area (Å²) in [5.41, 5.74) is 0. The highest BCUT2D eigenvalue weighted by Gasteiger charge is 2.31. The van der Waals surface area contributed by atoms with Crippen LogP contribution in [0.4, 0.5) is 0 Å². The fourth-order valence-electron chi connectivity index (χ4n) is 3.19. The monoisotopic (exact) mass is 348 g/mol. The average molecular weight is 348 g/mol. The number of hydrogen-bond acceptors (Lipinski definition) is 8. The summed E-state index contributed by atoms with van der Waals surface area (Å²) in [6.07, 6.45) is 1.90. The fraction of sp³-hybridized carbons (Fsp3) is 0.733. The highest BCUT2D eigenvalue weighted by Crippen LogP contribution is 2.19. The Kier molecular flexibility index (Phi) is 5.37. The molecule has 10 nitrogen and oxygen atoms in total. The van der Waals surface area contributed by atoms with Gasteiger partial charge in [-0.25, -0.2) is 4.68 Å². The number of aryl methyl sites for hydroxylation is 2. The van der Waals surface area contributed by atoms with Crippen LogP contribution < -0.4 is 0 Å². The van der Waals surface area contributed by atoms with E-state index in [0.29, 0.717) is 24.8 Å². The first-order valence-corrected chi connectivity index (χ1v) is 8.60. The standard InChI is InChI=1S/C15H24N8O2/c1-4-6-23-15(17-19-20-23)10-21-7-5-13(8-21)22(12(3)24)9-14-16-11(2)25-18-14/h13H,4-10H2,1-3H3/t13-/m0/s1. The summed E-state index contributed by atoms with van der Waals surface area (Å²) in [6.45, 7) is 8.99. The molecule has 0 radical (unpaired) electrons. The Bertz CT molecular complexity index is 712. The second kappa shape index (κ2) is 7.68. The van der Waals surface area contributed by atoms with E-state index in [0.717, 1.165) is 38.3 Å². The Labute approximate surface area is 146 Å². The summed E-state index contributed by atoms with van der Waals surface area (Å²) in [7, 11) is 0. The second-order valence-electron chi connectivity index (χ2n) is 6.37. The van der Waals surface area contributed by atoms with Gasteiger partial charge in [0.1, 0.15) is 0 Å². The molecule has 0 saturated carbocycles. The lowest BCUT2D eigenvalue weighted by Gasteiger charge is -2.26. The van der Waals surface area contributed by atoms with E-state index < -0.39 is 0 Å². The van der Waals surface area contributed by atoms with Gasteiger partial charge in [0.05, 0.1) is 13.1 Å². The molecule has 1 amide bonds. The molecule has 3 rings (SSSR count). The smallest absolute Gasteiger partial charge is 0.223 e. The maximum atomic E-state index is 12.1. The predicted molar refractivity (Wildman–Crippen MR) is 87.0 cm³/mol. The molecule has 10 heteroatoms. The summed E-state index contributed by atoms with van der Waals surface area (Å²) in [4.78, 5) is 20.4. The van der Waals surface area contributed by atoms with Crippen molar-refractivity contribution in [2.75, 3.05) is 13.1 Å². The van der Waals surface area contributed by atoms with Gasteiger partial charge >= 0.3 is 0 Å². The van der Waals surface area contributed by atoms with Gasteiger partial charge in [0.15, 0.2) is 11.6 Å². The Morgan fingerprint density at radius 3 is 2.96 bits per heavy atom. The average Bonchev–Trinajstić information content (AvgIpc) is 3.29. The topological polar surface area (TPSA) is 106 Å². The number of aromatic nitrogens is 6. The van der Waals surface area contributed by atoms with Gasteiger partial charge in [0, 0.05) is 39.5 Å². The van der Waals surface area contributed by atoms with E-state index in [1.807, 2.05) is 9.58 Å². The minimum absolute atomic E-state index is 0.0186. The van der Waals surface area contributed by atoms with Gasteiger partial charge < -0.3 is 9.42 Å². The molecule has 0 bridgehead atoms. The van der Waals surface area contributed by atoms with E-state index in [-0.39, 0.29) is 11.9 Å². The van der Waals surface area contributed by atoms with E-state index >= 15 is 0 Å². The molecule has 0 unspecified atom stereocenters. The molecule has 25 heavy (non-hydrogen) atoms. The third-order valence-corrected chi connectivity index (χ3v) is 4.38. The molecule has 0 aliphatic carbocycles. The van der Waals surface area contributed by atoms with E-state index in [4.69, 9.17) is 4.52 Å². The Morgan fingerprint density at radius 1 is 1.44 bits per heavy atom. The summed E-state index contributed by atoms with van der Waals surface area (Å²) in [5, 5.41) is 15.8. The van der Waals surface area contributed by atoms with Crippen LogP contribution in [0.3, 0.4) is 0 Å². The van der Waals surface area contributed by atoms with Crippen LogP contribution in [0.15, 0.2) is 4.52 Å². The quantitative estimate of drug-likeness (QED) is 0.708. The molecule has 3 heterocycles. The van der Waals surface area contributed by atoms with Gasteiger partial charge in [0.25, 0.3) is 0 Å². The highest BCUT2D eigenvalue weighted by atomic mass is 16.5. The zero-order valence-electron chi connectivity index (χ0n) is 14.9. The van der Waals surface area contributed by atoms with Crippen molar-refractivity contribution in [2.45, 2.75) is 59.3 Å². The van der Waals surface area contributed by atoms with Crippen LogP contribution >= 0.6 is 0 Å². The van der Waals surface area contributed by atoms with E-state index in [1.54, 1.807) is 13.8 Å². The molecule has 0 spiro atoms. The largest absolute Gasteiger partial charge is 0.340 e. The minimum atomic E-state index is 0.0186. The first kappa shape index (κ1) is 17.5. The normalized spacial score (nSPS) is 18.0. The SMILES string of the molecule is CCCn1nnnc1CN1CC[C@H](N(Cc2noc(C)n2)C(C)=O)C1. The van der Waals surface area contributed by atoms with Gasteiger partial charge in [0.2, 0.25) is 11.8 Å². The first-order valence-electron chi connectivity index (χ1n) is 8.60. The number of nitrogens with zero attached hydrogens (tertiary/aromatic N) is 8. The zero-order valence-corrected chi connectivity index (χ0v) is 14.9. The van der Waals surface area contributed by atoms with Crippen molar-refractivity contribution < 1.29 is 9.32 Å². The summed E-state index contributed by atoms with van der Waals surface area (Å²) >= 11 is 0. The number of likely N-dealkylation sites (tertiary alicyclic amines) is 1. The van der Waals surface area contributed by atoms with Crippen LogP contribution in [0.5, 0.6) is 0 Å². The molecule has 1 fully saturated rings. The third kappa shape index (κ3) is 4.19. The van der Waals surface area contributed by atoms with Crippen LogP contribution in [0.2, 0.25) is 0 Å². The molecule has 1 atom stereocenters. The molecule has 0 N–H and O–H groups in total. The molecule has 1 aliphatic rings. The zero-order chi connectivity index (χ0) is 17.8. The van der Waals surface area contributed by atoms with E-state index in [1.165, 1.54) is 0 Å². The lowest BCUT2D eigenvalue weighted by molar-refractivity contribution is -0.131. The number of tetrazole rings is 1. The van der Waals surface area contributed by atoms with Gasteiger partial charge in [-0.05, 0) is 23.3 Å². The lowest BCUT2D eigenvalue weighted by atomic mass is 10.2. The first-order chi connectivity index (χ1) is 12.1. The molecule has 1 saturated heterocycles. The highest BCUT2D eigenvalue weighted by molar-refractivity contribution is 5.73. The minimum Gasteiger partial charge on any atom is -0.340 e. The fourth-order valence-corrected chi connectivity index (χ4v) is 3.19. The van der Waals surface area contributed by atoms with Crippen LogP contribution in [-0.4, -0.2) is 65.2 Å². The maximum Gasteiger partial charge on any atom is 0.223 e. The maximum absolute atomic E-state index is 12.1. The van der Waals surface area contributed by atoms with Crippen molar-refractivity contribution in [3.05, 3.63) is 17.5 Å². The van der Waals surface area contributed by atoms with Gasteiger partial charge in [-0.2, -0.15) is 4.98 Å². The Hall–Kier alpha value is -2.36. The molecular formula is C15H24N8O2. The van der Waals surface area contributed by atoms with Crippen molar-refractivity contribution in [1.29, 1.82) is 0 Å². The van der Waals surface area contributed by atoms with Crippen molar-refractivity contribution >= 4 is 5.91 Å². The van der Waals surface area contributed by atoms with Crippen LogP contribution in [0, 0.1) is 6.92 Å². The third-order valence-electron chi connectivity index (χ3n) is 4.38. The Balaban J connectivity index is 1.61. The summed E-state index contributed by atoms with van der Waals surface area (Å²) in [6, 6.07) is 0.131. The molecular weight excluding hydrogens is 324 g/mol. The van der Waals surface area contributed by atoms with Gasteiger partial charge in [-0.3, -0.25) is 9.69 Å². The second-order valence-corrected chi connectivity index (χ2v) is 6.37. The van der Waals surface area contributed by atoms with Gasteiger partial charge in [-0.15, -0.1) is 5.10 Å². The molecule has 2 aromatic rings. The molecule has 2 aromatic heterocycles. The van der Waals surface area contributed by atoms with Crippen molar-refractivity contribution in [3.63, 3.8) is 0 Å². The molecule has 136 valence electrons. The van der Waals surface area contributed by atoms with Crippen molar-refractivity contribution in [3.8, 4) is 0 Å². The predicted octanol–water partition coefficient (Wildman–Crippen LogP) is 0.398. The van der Waals surface area contributed by atoms with Crippen molar-refractivity contribution in [1.82, 2.24) is 40.1 Å².